The third-order valence-electron chi connectivity index (χ3n) is 3.74. The van der Waals surface area contributed by atoms with E-state index in [1.165, 1.54) is 11.0 Å². The van der Waals surface area contributed by atoms with Crippen LogP contribution < -0.4 is 0 Å². The zero-order chi connectivity index (χ0) is 20.8. The lowest BCUT2D eigenvalue weighted by molar-refractivity contribution is -0.385. The Bertz CT molecular complexity index is 880. The summed E-state index contributed by atoms with van der Waals surface area (Å²) < 4.78 is 0.341. The van der Waals surface area contributed by atoms with Crippen LogP contribution in [0, 0.1) is 10.1 Å². The van der Waals surface area contributed by atoms with Crippen molar-refractivity contribution in [3.63, 3.8) is 0 Å². The molecule has 0 saturated carbocycles. The highest BCUT2D eigenvalue weighted by atomic mass is 32.2. The van der Waals surface area contributed by atoms with Gasteiger partial charge in [-0.15, -0.1) is 0 Å². The Morgan fingerprint density at radius 3 is 2.68 bits per heavy atom. The summed E-state index contributed by atoms with van der Waals surface area (Å²) in [6.07, 6.45) is 3.51. The maximum Gasteiger partial charge on any atom is 0.303 e. The van der Waals surface area contributed by atoms with E-state index in [0.717, 1.165) is 11.8 Å². The molecular weight excluding hydrogens is 402 g/mol. The molecule has 10 heteroatoms. The molecule has 0 aromatic heterocycles. The SMILES string of the molecule is CN(C)/C=C(/C=C1\SC(=S)N(CCCC(=O)O)C1=O)c1ccccc1[N+](=O)[O-]. The van der Waals surface area contributed by atoms with E-state index in [4.69, 9.17) is 17.3 Å². The molecule has 1 aromatic rings. The van der Waals surface area contributed by atoms with E-state index in [2.05, 4.69) is 0 Å². The van der Waals surface area contributed by atoms with E-state index in [9.17, 15) is 19.7 Å². The van der Waals surface area contributed by atoms with Crippen LogP contribution >= 0.6 is 24.0 Å². The number of rotatable bonds is 8. The topological polar surface area (TPSA) is 104 Å². The van der Waals surface area contributed by atoms with Crippen LogP contribution in [0.1, 0.15) is 18.4 Å². The number of hydrogen-bond donors (Lipinski definition) is 1. The zero-order valence-corrected chi connectivity index (χ0v) is 17.0. The van der Waals surface area contributed by atoms with Gasteiger partial charge in [0.05, 0.1) is 15.4 Å². The van der Waals surface area contributed by atoms with Crippen molar-refractivity contribution in [2.45, 2.75) is 12.8 Å². The first-order chi connectivity index (χ1) is 13.2. The maximum absolute atomic E-state index is 12.7. The number of nitro benzene ring substituents is 1. The Labute approximate surface area is 171 Å². The number of thioether (sulfide) groups is 1. The summed E-state index contributed by atoms with van der Waals surface area (Å²) in [4.78, 5) is 37.7. The number of allylic oxidation sites excluding steroid dienone is 2. The Balaban J connectivity index is 2.36. The van der Waals surface area contributed by atoms with E-state index < -0.39 is 10.9 Å². The molecule has 0 bridgehead atoms. The first kappa shape index (κ1) is 21.6. The smallest absolute Gasteiger partial charge is 0.303 e. The number of nitrogens with zero attached hydrogens (tertiary/aromatic N) is 3. The molecule has 1 saturated heterocycles. The molecule has 148 valence electrons. The van der Waals surface area contributed by atoms with Crippen molar-refractivity contribution in [3.05, 3.63) is 57.1 Å². The molecule has 1 fully saturated rings. The van der Waals surface area contributed by atoms with Gasteiger partial charge in [-0.25, -0.2) is 0 Å². The van der Waals surface area contributed by atoms with Gasteiger partial charge in [0.25, 0.3) is 11.6 Å². The summed E-state index contributed by atoms with van der Waals surface area (Å²) in [6, 6.07) is 6.30. The number of para-hydroxylation sites is 1. The summed E-state index contributed by atoms with van der Waals surface area (Å²) >= 11 is 6.34. The van der Waals surface area contributed by atoms with Gasteiger partial charge in [-0.1, -0.05) is 36.1 Å². The first-order valence-corrected chi connectivity index (χ1v) is 9.52. The van der Waals surface area contributed by atoms with Crippen LogP contribution in [0.15, 0.2) is 41.4 Å². The molecule has 1 aliphatic heterocycles. The number of benzene rings is 1. The lowest BCUT2D eigenvalue weighted by Gasteiger charge is -2.13. The number of carboxylic acid groups (broad SMARTS) is 1. The predicted molar refractivity (Wildman–Crippen MR) is 112 cm³/mol. The average molecular weight is 422 g/mol. The summed E-state index contributed by atoms with van der Waals surface area (Å²) in [5.74, 6) is -1.27. The van der Waals surface area contributed by atoms with Gasteiger partial charge in [-0.05, 0) is 18.6 Å². The van der Waals surface area contributed by atoms with Gasteiger partial charge >= 0.3 is 5.97 Å². The molecule has 0 unspecified atom stereocenters. The summed E-state index contributed by atoms with van der Waals surface area (Å²) in [5, 5.41) is 20.1. The van der Waals surface area contributed by atoms with Gasteiger partial charge in [-0.3, -0.25) is 24.6 Å². The third kappa shape index (κ3) is 5.40. The molecule has 28 heavy (non-hydrogen) atoms. The Morgan fingerprint density at radius 2 is 2.07 bits per heavy atom. The molecule has 1 aliphatic rings. The minimum Gasteiger partial charge on any atom is -0.481 e. The molecule has 1 heterocycles. The second kappa shape index (κ2) is 9.47. The zero-order valence-electron chi connectivity index (χ0n) is 15.3. The van der Waals surface area contributed by atoms with Crippen LogP contribution in [0.3, 0.4) is 0 Å². The number of carbonyl (C=O) groups excluding carboxylic acids is 1. The van der Waals surface area contributed by atoms with Crippen molar-refractivity contribution in [2.24, 2.45) is 0 Å². The lowest BCUT2D eigenvalue weighted by atomic mass is 10.0. The van der Waals surface area contributed by atoms with Crippen LogP contribution in [0.2, 0.25) is 0 Å². The lowest BCUT2D eigenvalue weighted by Crippen LogP contribution is -2.29. The summed E-state index contributed by atoms with van der Waals surface area (Å²) in [6.45, 7) is 0.215. The van der Waals surface area contributed by atoms with Crippen LogP contribution in [0.4, 0.5) is 5.69 Å². The minimum absolute atomic E-state index is 0.0574. The van der Waals surface area contributed by atoms with E-state index in [-0.39, 0.29) is 24.6 Å². The number of nitro groups is 1. The highest BCUT2D eigenvalue weighted by Crippen LogP contribution is 2.35. The first-order valence-electron chi connectivity index (χ1n) is 8.30. The fraction of sp³-hybridized carbons (Fsp3) is 0.278. The molecule has 1 aromatic carbocycles. The largest absolute Gasteiger partial charge is 0.481 e. The predicted octanol–water partition coefficient (Wildman–Crippen LogP) is 3.11. The average Bonchev–Trinajstić information content (AvgIpc) is 2.88. The van der Waals surface area contributed by atoms with Crippen LogP contribution in [-0.4, -0.2) is 56.7 Å². The van der Waals surface area contributed by atoms with Gasteiger partial charge in [0.2, 0.25) is 0 Å². The molecule has 1 amide bonds. The normalized spacial score (nSPS) is 16.0. The second-order valence-electron chi connectivity index (χ2n) is 6.15. The third-order valence-corrected chi connectivity index (χ3v) is 5.12. The van der Waals surface area contributed by atoms with E-state index in [1.54, 1.807) is 49.5 Å². The minimum atomic E-state index is -0.937. The molecule has 0 spiro atoms. The van der Waals surface area contributed by atoms with Gasteiger partial charge in [-0.2, -0.15) is 0 Å². The number of carbonyl (C=O) groups is 2. The molecule has 0 atom stereocenters. The summed E-state index contributed by atoms with van der Waals surface area (Å²) in [7, 11) is 3.56. The molecule has 0 radical (unpaired) electrons. The Hall–Kier alpha value is -2.72. The van der Waals surface area contributed by atoms with Crippen molar-refractivity contribution in [3.8, 4) is 0 Å². The molecule has 0 aliphatic carbocycles. The van der Waals surface area contributed by atoms with E-state index >= 15 is 0 Å². The van der Waals surface area contributed by atoms with Gasteiger partial charge < -0.3 is 10.0 Å². The molecule has 8 nitrogen and oxygen atoms in total. The van der Waals surface area contributed by atoms with Crippen molar-refractivity contribution in [1.82, 2.24) is 9.80 Å². The Morgan fingerprint density at radius 1 is 1.39 bits per heavy atom. The van der Waals surface area contributed by atoms with Crippen molar-refractivity contribution in [1.29, 1.82) is 0 Å². The van der Waals surface area contributed by atoms with Crippen molar-refractivity contribution >= 4 is 51.4 Å². The monoisotopic (exact) mass is 421 g/mol. The number of thiocarbonyl (C=S) groups is 1. The maximum atomic E-state index is 12.7. The van der Waals surface area contributed by atoms with Crippen LogP contribution in [0.5, 0.6) is 0 Å². The highest BCUT2D eigenvalue weighted by molar-refractivity contribution is 8.26. The van der Waals surface area contributed by atoms with Gasteiger partial charge in [0, 0.05) is 44.9 Å². The molecule has 2 rings (SSSR count). The summed E-state index contributed by atoms with van der Waals surface area (Å²) in [5.41, 5.74) is 0.824. The van der Waals surface area contributed by atoms with Crippen molar-refractivity contribution < 1.29 is 19.6 Å². The van der Waals surface area contributed by atoms with Crippen molar-refractivity contribution in [2.75, 3.05) is 20.6 Å². The number of carboxylic acids is 1. The fourth-order valence-corrected chi connectivity index (χ4v) is 3.86. The highest BCUT2D eigenvalue weighted by Gasteiger charge is 2.32. The van der Waals surface area contributed by atoms with E-state index in [1.807, 2.05) is 0 Å². The molecule has 1 N–H and O–H groups in total. The van der Waals surface area contributed by atoms with E-state index in [0.29, 0.717) is 26.8 Å². The standard InChI is InChI=1S/C18H19N3O5S2/c1-19(2)11-12(13-6-3-4-7-14(13)21(25)26)10-15-17(24)20(18(27)28-15)9-5-8-16(22)23/h3-4,6-7,10-11H,5,8-9H2,1-2H3,(H,22,23)/b12-11-,15-10-. The van der Waals surface area contributed by atoms with Gasteiger partial charge in [0.15, 0.2) is 0 Å². The number of hydrogen-bond acceptors (Lipinski definition) is 7. The second-order valence-corrected chi connectivity index (χ2v) is 7.83. The quantitative estimate of drug-likeness (QED) is 0.296. The van der Waals surface area contributed by atoms with Gasteiger partial charge in [0.1, 0.15) is 4.32 Å². The molecular formula is C18H19N3O5S2. The number of aliphatic carboxylic acids is 1. The number of amides is 1. The van der Waals surface area contributed by atoms with Crippen LogP contribution in [-0.2, 0) is 9.59 Å². The van der Waals surface area contributed by atoms with Crippen LogP contribution in [0.25, 0.3) is 5.57 Å². The Kier molecular flexibility index (Phi) is 7.30. The fourth-order valence-electron chi connectivity index (χ4n) is 2.56.